The number of benzene rings is 2. The SMILES string of the molecule is C=C(C)C(=O)Oc1ccc(C2=CC(c3ccc(OC(=O)C(=C)C)cc3)CCC2)cc1. The molecule has 0 saturated heterocycles. The Hall–Kier alpha value is -3.40. The zero-order valence-electron chi connectivity index (χ0n) is 17.4. The molecule has 1 atom stereocenters. The molecule has 0 N–H and O–H groups in total. The topological polar surface area (TPSA) is 52.6 Å². The van der Waals surface area contributed by atoms with Crippen molar-refractivity contribution in [3.8, 4) is 11.5 Å². The van der Waals surface area contributed by atoms with Gasteiger partial charge in [0.15, 0.2) is 0 Å². The van der Waals surface area contributed by atoms with Crippen LogP contribution in [-0.4, -0.2) is 11.9 Å². The van der Waals surface area contributed by atoms with Crippen molar-refractivity contribution in [3.05, 3.63) is 90.0 Å². The summed E-state index contributed by atoms with van der Waals surface area (Å²) >= 11 is 0. The highest BCUT2D eigenvalue weighted by Gasteiger charge is 2.17. The Morgan fingerprint density at radius 2 is 1.33 bits per heavy atom. The van der Waals surface area contributed by atoms with E-state index in [0.29, 0.717) is 28.6 Å². The van der Waals surface area contributed by atoms with Gasteiger partial charge in [-0.25, -0.2) is 9.59 Å². The first-order valence-electron chi connectivity index (χ1n) is 10.00. The van der Waals surface area contributed by atoms with E-state index < -0.39 is 11.9 Å². The zero-order valence-corrected chi connectivity index (χ0v) is 17.4. The summed E-state index contributed by atoms with van der Waals surface area (Å²) < 4.78 is 10.5. The summed E-state index contributed by atoms with van der Waals surface area (Å²) in [6.45, 7) is 10.4. The highest BCUT2D eigenvalue weighted by molar-refractivity contribution is 5.89. The van der Waals surface area contributed by atoms with Crippen molar-refractivity contribution >= 4 is 17.5 Å². The lowest BCUT2D eigenvalue weighted by Crippen LogP contribution is -2.08. The highest BCUT2D eigenvalue weighted by Crippen LogP contribution is 2.36. The quantitative estimate of drug-likeness (QED) is 0.338. The zero-order chi connectivity index (χ0) is 21.7. The average Bonchev–Trinajstić information content (AvgIpc) is 2.74. The molecule has 0 aromatic heterocycles. The van der Waals surface area contributed by atoms with Gasteiger partial charge in [-0.3, -0.25) is 0 Å². The molecule has 3 rings (SSSR count). The molecule has 1 unspecified atom stereocenters. The van der Waals surface area contributed by atoms with Gasteiger partial charge in [-0.2, -0.15) is 0 Å². The van der Waals surface area contributed by atoms with Crippen LogP contribution in [-0.2, 0) is 9.59 Å². The van der Waals surface area contributed by atoms with Crippen LogP contribution in [0.4, 0.5) is 0 Å². The van der Waals surface area contributed by atoms with Crippen molar-refractivity contribution in [2.45, 2.75) is 39.0 Å². The Morgan fingerprint density at radius 3 is 1.83 bits per heavy atom. The second-order valence-corrected chi connectivity index (χ2v) is 7.62. The lowest BCUT2D eigenvalue weighted by Gasteiger charge is -2.22. The number of carbonyl (C=O) groups is 2. The fourth-order valence-corrected chi connectivity index (χ4v) is 3.33. The van der Waals surface area contributed by atoms with E-state index in [1.807, 2.05) is 48.5 Å². The third kappa shape index (κ3) is 5.35. The minimum Gasteiger partial charge on any atom is -0.423 e. The first kappa shape index (κ1) is 21.3. The number of hydrogen-bond donors (Lipinski definition) is 0. The molecule has 0 saturated carbocycles. The molecular weight excluding hydrogens is 376 g/mol. The second-order valence-electron chi connectivity index (χ2n) is 7.62. The van der Waals surface area contributed by atoms with E-state index >= 15 is 0 Å². The van der Waals surface area contributed by atoms with Crippen LogP contribution >= 0.6 is 0 Å². The molecule has 4 nitrogen and oxygen atoms in total. The number of carbonyl (C=O) groups excluding carboxylic acids is 2. The van der Waals surface area contributed by atoms with Gasteiger partial charge in [0, 0.05) is 17.1 Å². The first-order chi connectivity index (χ1) is 14.3. The molecular formula is C26H26O4. The van der Waals surface area contributed by atoms with Crippen molar-refractivity contribution in [1.29, 1.82) is 0 Å². The Bertz CT molecular complexity index is 994. The molecule has 0 heterocycles. The lowest BCUT2D eigenvalue weighted by atomic mass is 9.83. The third-order valence-electron chi connectivity index (χ3n) is 5.01. The molecule has 1 aliphatic rings. The van der Waals surface area contributed by atoms with Gasteiger partial charge in [-0.05, 0) is 74.1 Å². The van der Waals surface area contributed by atoms with Crippen molar-refractivity contribution in [2.24, 2.45) is 0 Å². The Kier molecular flexibility index (Phi) is 6.68. The number of hydrogen-bond acceptors (Lipinski definition) is 4. The molecule has 0 aliphatic heterocycles. The maximum atomic E-state index is 11.7. The van der Waals surface area contributed by atoms with Crippen LogP contribution < -0.4 is 9.47 Å². The van der Waals surface area contributed by atoms with Crippen molar-refractivity contribution in [2.75, 3.05) is 0 Å². The summed E-state index contributed by atoms with van der Waals surface area (Å²) in [6.07, 6.45) is 5.47. The van der Waals surface area contributed by atoms with Crippen LogP contribution in [0.2, 0.25) is 0 Å². The highest BCUT2D eigenvalue weighted by atomic mass is 16.5. The number of rotatable bonds is 6. The fraction of sp³-hybridized carbons (Fsp3) is 0.231. The van der Waals surface area contributed by atoms with Crippen molar-refractivity contribution in [3.63, 3.8) is 0 Å². The maximum absolute atomic E-state index is 11.7. The summed E-state index contributed by atoms with van der Waals surface area (Å²) in [5.74, 6) is 0.504. The smallest absolute Gasteiger partial charge is 0.338 e. The molecule has 0 amide bonds. The van der Waals surface area contributed by atoms with Crippen LogP contribution in [0.15, 0.2) is 78.9 Å². The van der Waals surface area contributed by atoms with Gasteiger partial charge in [0.25, 0.3) is 0 Å². The molecule has 2 aromatic carbocycles. The Labute approximate surface area is 177 Å². The van der Waals surface area contributed by atoms with Gasteiger partial charge in [0.2, 0.25) is 0 Å². The van der Waals surface area contributed by atoms with Crippen LogP contribution in [0.3, 0.4) is 0 Å². The van der Waals surface area contributed by atoms with E-state index in [0.717, 1.165) is 24.8 Å². The number of esters is 2. The molecule has 0 fully saturated rings. The molecule has 4 heteroatoms. The van der Waals surface area contributed by atoms with Gasteiger partial charge in [0.05, 0.1) is 0 Å². The molecule has 0 spiro atoms. The molecule has 154 valence electrons. The fourth-order valence-electron chi connectivity index (χ4n) is 3.33. The van der Waals surface area contributed by atoms with E-state index in [-0.39, 0.29) is 0 Å². The Balaban J connectivity index is 1.71. The monoisotopic (exact) mass is 402 g/mol. The van der Waals surface area contributed by atoms with Crippen LogP contribution in [0, 0.1) is 0 Å². The number of ether oxygens (including phenoxy) is 2. The van der Waals surface area contributed by atoms with Crippen LogP contribution in [0.25, 0.3) is 5.57 Å². The second kappa shape index (κ2) is 9.40. The first-order valence-corrected chi connectivity index (χ1v) is 10.00. The van der Waals surface area contributed by atoms with E-state index in [4.69, 9.17) is 9.47 Å². The van der Waals surface area contributed by atoms with E-state index in [2.05, 4.69) is 19.2 Å². The predicted octanol–water partition coefficient (Wildman–Crippen LogP) is 6.00. The summed E-state index contributed by atoms with van der Waals surface area (Å²) in [5, 5.41) is 0. The average molecular weight is 402 g/mol. The summed E-state index contributed by atoms with van der Waals surface area (Å²) in [4.78, 5) is 23.3. The molecule has 2 aromatic rings. The van der Waals surface area contributed by atoms with E-state index in [9.17, 15) is 9.59 Å². The minimum atomic E-state index is -0.419. The van der Waals surface area contributed by atoms with Gasteiger partial charge in [0.1, 0.15) is 11.5 Å². The van der Waals surface area contributed by atoms with Gasteiger partial charge in [-0.1, -0.05) is 43.5 Å². The summed E-state index contributed by atoms with van der Waals surface area (Å²) in [6, 6.07) is 15.2. The maximum Gasteiger partial charge on any atom is 0.338 e. The number of allylic oxidation sites excluding steroid dienone is 2. The normalized spacial score (nSPS) is 15.7. The van der Waals surface area contributed by atoms with Crippen molar-refractivity contribution in [1.82, 2.24) is 0 Å². The summed E-state index contributed by atoms with van der Waals surface area (Å²) in [7, 11) is 0. The molecule has 1 aliphatic carbocycles. The minimum absolute atomic E-state index is 0.306. The van der Waals surface area contributed by atoms with Gasteiger partial charge < -0.3 is 9.47 Å². The molecule has 30 heavy (non-hydrogen) atoms. The lowest BCUT2D eigenvalue weighted by molar-refractivity contribution is -0.130. The standard InChI is InChI=1S/C26H26O4/c1-17(2)25(27)29-23-12-8-19(9-13-23)21-6-5-7-22(16-21)20-10-14-24(15-11-20)30-26(28)18(3)4/h8-16,21H,1,3,5-7H2,2,4H3. The summed E-state index contributed by atoms with van der Waals surface area (Å²) in [5.41, 5.74) is 4.34. The van der Waals surface area contributed by atoms with Crippen LogP contribution in [0.5, 0.6) is 11.5 Å². The predicted molar refractivity (Wildman–Crippen MR) is 118 cm³/mol. The van der Waals surface area contributed by atoms with E-state index in [1.54, 1.807) is 13.8 Å². The third-order valence-corrected chi connectivity index (χ3v) is 5.01. The largest absolute Gasteiger partial charge is 0.423 e. The van der Waals surface area contributed by atoms with Crippen LogP contribution in [0.1, 0.15) is 50.2 Å². The van der Waals surface area contributed by atoms with Gasteiger partial charge >= 0.3 is 11.9 Å². The molecule has 0 bridgehead atoms. The van der Waals surface area contributed by atoms with Gasteiger partial charge in [-0.15, -0.1) is 0 Å². The van der Waals surface area contributed by atoms with E-state index in [1.165, 1.54) is 11.1 Å². The Morgan fingerprint density at radius 1 is 0.833 bits per heavy atom. The van der Waals surface area contributed by atoms with Crippen molar-refractivity contribution < 1.29 is 19.1 Å². The molecule has 0 radical (unpaired) electrons.